The third-order valence-corrected chi connectivity index (χ3v) is 3.03. The number of guanidine groups is 1. The molecule has 1 fully saturated rings. The summed E-state index contributed by atoms with van der Waals surface area (Å²) in [7, 11) is 0. The number of benzene rings is 1. The molecule has 1 saturated heterocycles. The Morgan fingerprint density at radius 3 is 2.56 bits per heavy atom. The number of non-ortho nitro benzene ring substituents is 1. The summed E-state index contributed by atoms with van der Waals surface area (Å²) in [6.45, 7) is 2.75. The van der Waals surface area contributed by atoms with E-state index in [1.807, 2.05) is 6.07 Å². The lowest BCUT2D eigenvalue weighted by atomic mass is 10.2. The van der Waals surface area contributed by atoms with E-state index in [2.05, 4.69) is 4.90 Å². The maximum atomic E-state index is 10.7. The molecule has 0 atom stereocenters. The van der Waals surface area contributed by atoms with E-state index in [4.69, 9.17) is 11.1 Å². The van der Waals surface area contributed by atoms with Crippen LogP contribution >= 0.6 is 0 Å². The lowest BCUT2D eigenvalue weighted by Crippen LogP contribution is -2.50. The van der Waals surface area contributed by atoms with Crippen LogP contribution in [-0.2, 0) is 0 Å². The SMILES string of the molecule is N=C(N)N1CCN(c2cccc([N+](=O)[O-])c2)CC1. The van der Waals surface area contributed by atoms with E-state index in [1.54, 1.807) is 17.0 Å². The van der Waals surface area contributed by atoms with Crippen molar-refractivity contribution in [3.05, 3.63) is 34.4 Å². The van der Waals surface area contributed by atoms with Crippen LogP contribution in [0.5, 0.6) is 0 Å². The molecule has 0 bridgehead atoms. The van der Waals surface area contributed by atoms with Gasteiger partial charge < -0.3 is 15.5 Å². The number of piperazine rings is 1. The fourth-order valence-corrected chi connectivity index (χ4v) is 2.01. The van der Waals surface area contributed by atoms with E-state index in [0.29, 0.717) is 26.2 Å². The van der Waals surface area contributed by atoms with Crippen molar-refractivity contribution in [3.63, 3.8) is 0 Å². The topological polar surface area (TPSA) is 99.5 Å². The number of nitrogens with zero attached hydrogens (tertiary/aromatic N) is 3. The molecule has 1 aliphatic rings. The second-order valence-corrected chi connectivity index (χ2v) is 4.14. The average molecular weight is 249 g/mol. The predicted molar refractivity (Wildman–Crippen MR) is 68.8 cm³/mol. The van der Waals surface area contributed by atoms with Crippen LogP contribution in [0.2, 0.25) is 0 Å². The van der Waals surface area contributed by atoms with Crippen molar-refractivity contribution < 1.29 is 4.92 Å². The summed E-state index contributed by atoms with van der Waals surface area (Å²) in [4.78, 5) is 14.2. The summed E-state index contributed by atoms with van der Waals surface area (Å²) in [6.07, 6.45) is 0. The molecule has 0 radical (unpaired) electrons. The Kier molecular flexibility index (Phi) is 3.31. The zero-order valence-electron chi connectivity index (χ0n) is 9.87. The standard InChI is InChI=1S/C11H15N5O2/c12-11(13)15-6-4-14(5-7-15)9-2-1-3-10(8-9)16(17)18/h1-3,8H,4-7H2,(H3,12,13). The normalized spacial score (nSPS) is 15.6. The van der Waals surface area contributed by atoms with E-state index in [0.717, 1.165) is 5.69 Å². The second kappa shape index (κ2) is 4.91. The second-order valence-electron chi connectivity index (χ2n) is 4.14. The number of nitrogens with two attached hydrogens (primary N) is 1. The molecule has 2 rings (SSSR count). The van der Waals surface area contributed by atoms with Crippen LogP contribution in [0, 0.1) is 15.5 Å². The Labute approximate surface area is 104 Å². The summed E-state index contributed by atoms with van der Waals surface area (Å²) in [5.41, 5.74) is 6.36. The van der Waals surface area contributed by atoms with Crippen LogP contribution in [0.15, 0.2) is 24.3 Å². The summed E-state index contributed by atoms with van der Waals surface area (Å²) in [6, 6.07) is 6.60. The first-order valence-corrected chi connectivity index (χ1v) is 5.66. The molecular weight excluding hydrogens is 234 g/mol. The minimum atomic E-state index is -0.394. The monoisotopic (exact) mass is 249 g/mol. The maximum Gasteiger partial charge on any atom is 0.271 e. The van der Waals surface area contributed by atoms with E-state index < -0.39 is 4.92 Å². The molecule has 0 unspecified atom stereocenters. The van der Waals surface area contributed by atoms with Gasteiger partial charge in [0.1, 0.15) is 0 Å². The fraction of sp³-hybridized carbons (Fsp3) is 0.364. The van der Waals surface area contributed by atoms with Gasteiger partial charge in [-0.15, -0.1) is 0 Å². The molecule has 96 valence electrons. The van der Waals surface area contributed by atoms with Crippen molar-refractivity contribution in [2.45, 2.75) is 0 Å². The maximum absolute atomic E-state index is 10.7. The molecule has 1 heterocycles. The Bertz CT molecular complexity index is 468. The Morgan fingerprint density at radius 2 is 2.00 bits per heavy atom. The molecule has 18 heavy (non-hydrogen) atoms. The molecule has 0 spiro atoms. The van der Waals surface area contributed by atoms with Gasteiger partial charge in [-0.25, -0.2) is 0 Å². The fourth-order valence-electron chi connectivity index (χ4n) is 2.01. The highest BCUT2D eigenvalue weighted by Gasteiger charge is 2.19. The molecule has 7 nitrogen and oxygen atoms in total. The van der Waals surface area contributed by atoms with Gasteiger partial charge in [-0.05, 0) is 6.07 Å². The number of anilines is 1. The molecule has 7 heteroatoms. The van der Waals surface area contributed by atoms with Crippen LogP contribution in [0.3, 0.4) is 0 Å². The first kappa shape index (κ1) is 12.2. The van der Waals surface area contributed by atoms with Gasteiger partial charge in [0.05, 0.1) is 4.92 Å². The van der Waals surface area contributed by atoms with E-state index in [1.165, 1.54) is 6.07 Å². The third kappa shape index (κ3) is 2.50. The van der Waals surface area contributed by atoms with Crippen molar-refractivity contribution in [2.75, 3.05) is 31.1 Å². The van der Waals surface area contributed by atoms with Crippen molar-refractivity contribution in [1.29, 1.82) is 5.41 Å². The Hall–Kier alpha value is -2.31. The highest BCUT2D eigenvalue weighted by atomic mass is 16.6. The van der Waals surface area contributed by atoms with Crippen molar-refractivity contribution >= 4 is 17.3 Å². The molecule has 1 aliphatic heterocycles. The molecule has 0 amide bonds. The number of nitro benzene ring substituents is 1. The van der Waals surface area contributed by atoms with Gasteiger partial charge in [0.15, 0.2) is 5.96 Å². The quantitative estimate of drug-likeness (QED) is 0.346. The summed E-state index contributed by atoms with van der Waals surface area (Å²) < 4.78 is 0. The number of hydrogen-bond acceptors (Lipinski definition) is 4. The zero-order valence-corrected chi connectivity index (χ0v) is 9.87. The van der Waals surface area contributed by atoms with Crippen LogP contribution in [0.25, 0.3) is 0 Å². The highest BCUT2D eigenvalue weighted by Crippen LogP contribution is 2.21. The molecule has 3 N–H and O–H groups in total. The van der Waals surface area contributed by atoms with E-state index in [9.17, 15) is 10.1 Å². The molecular formula is C11H15N5O2. The number of rotatable bonds is 2. The minimum Gasteiger partial charge on any atom is -0.370 e. The van der Waals surface area contributed by atoms with Gasteiger partial charge in [0.25, 0.3) is 5.69 Å². The Balaban J connectivity index is 2.07. The number of nitrogens with one attached hydrogen (secondary N) is 1. The van der Waals surface area contributed by atoms with Gasteiger partial charge in [-0.2, -0.15) is 0 Å². The molecule has 0 saturated carbocycles. The highest BCUT2D eigenvalue weighted by molar-refractivity contribution is 5.75. The summed E-state index contributed by atoms with van der Waals surface area (Å²) >= 11 is 0. The van der Waals surface area contributed by atoms with Gasteiger partial charge >= 0.3 is 0 Å². The average Bonchev–Trinajstić information content (AvgIpc) is 2.39. The number of nitro groups is 1. The van der Waals surface area contributed by atoms with Crippen LogP contribution < -0.4 is 10.6 Å². The molecule has 1 aromatic rings. The van der Waals surface area contributed by atoms with Crippen molar-refractivity contribution in [2.24, 2.45) is 5.73 Å². The van der Waals surface area contributed by atoms with Gasteiger partial charge in [-0.1, -0.05) is 6.07 Å². The van der Waals surface area contributed by atoms with Gasteiger partial charge in [0.2, 0.25) is 0 Å². The lowest BCUT2D eigenvalue weighted by Gasteiger charge is -2.36. The predicted octanol–water partition coefficient (Wildman–Crippen LogP) is 0.610. The van der Waals surface area contributed by atoms with Crippen LogP contribution in [0.1, 0.15) is 0 Å². The number of hydrogen-bond donors (Lipinski definition) is 2. The van der Waals surface area contributed by atoms with Crippen LogP contribution in [-0.4, -0.2) is 42.0 Å². The smallest absolute Gasteiger partial charge is 0.271 e. The minimum absolute atomic E-state index is 0.0775. The molecule has 0 aliphatic carbocycles. The van der Waals surface area contributed by atoms with Crippen molar-refractivity contribution in [1.82, 2.24) is 4.90 Å². The first-order valence-electron chi connectivity index (χ1n) is 5.66. The first-order chi connectivity index (χ1) is 8.58. The van der Waals surface area contributed by atoms with E-state index in [-0.39, 0.29) is 11.6 Å². The van der Waals surface area contributed by atoms with Gasteiger partial charge in [-0.3, -0.25) is 15.5 Å². The Morgan fingerprint density at radius 1 is 1.33 bits per heavy atom. The zero-order chi connectivity index (χ0) is 13.1. The third-order valence-electron chi connectivity index (χ3n) is 3.03. The molecule has 0 aromatic heterocycles. The summed E-state index contributed by atoms with van der Waals surface area (Å²) in [5.74, 6) is 0.0775. The van der Waals surface area contributed by atoms with Gasteiger partial charge in [0, 0.05) is 44.0 Å². The summed E-state index contributed by atoms with van der Waals surface area (Å²) in [5, 5.41) is 18.1. The lowest BCUT2D eigenvalue weighted by molar-refractivity contribution is -0.384. The molecule has 1 aromatic carbocycles. The van der Waals surface area contributed by atoms with E-state index >= 15 is 0 Å². The largest absolute Gasteiger partial charge is 0.370 e. The van der Waals surface area contributed by atoms with Crippen LogP contribution in [0.4, 0.5) is 11.4 Å². The van der Waals surface area contributed by atoms with Crippen molar-refractivity contribution in [3.8, 4) is 0 Å².